The second kappa shape index (κ2) is 6.94. The minimum absolute atomic E-state index is 0.0520. The molecule has 1 N–H and O–H groups in total. The molecule has 0 aromatic carbocycles. The number of anilines is 1. The first-order chi connectivity index (χ1) is 10.5. The molecular weight excluding hydrogens is 308 g/mol. The van der Waals surface area contributed by atoms with Crippen LogP contribution in [0.2, 0.25) is 0 Å². The van der Waals surface area contributed by atoms with Gasteiger partial charge in [-0.25, -0.2) is 14.8 Å². The first-order valence-electron chi connectivity index (χ1n) is 6.40. The molecule has 2 aromatic rings. The van der Waals surface area contributed by atoms with Gasteiger partial charge in [0.1, 0.15) is 12.0 Å². The molecule has 9 heteroatoms. The second-order valence-corrected chi connectivity index (χ2v) is 5.63. The molecule has 0 atom stereocenters. The number of hydrogen-bond donors (Lipinski definition) is 1. The molecule has 0 aliphatic heterocycles. The van der Waals surface area contributed by atoms with E-state index in [0.29, 0.717) is 24.5 Å². The van der Waals surface area contributed by atoms with E-state index in [1.54, 1.807) is 6.07 Å². The molecule has 0 aliphatic rings. The zero-order valence-corrected chi connectivity index (χ0v) is 12.8. The van der Waals surface area contributed by atoms with Gasteiger partial charge in [0.15, 0.2) is 5.69 Å². The number of pyridine rings is 1. The quantitative estimate of drug-likeness (QED) is 0.493. The fourth-order valence-electron chi connectivity index (χ4n) is 1.74. The number of hydrogen-bond acceptors (Lipinski definition) is 8. The average Bonchev–Trinajstić information content (AvgIpc) is 2.88. The molecule has 2 rings (SSSR count). The van der Waals surface area contributed by atoms with E-state index in [4.69, 9.17) is 0 Å². The van der Waals surface area contributed by atoms with Crippen LogP contribution in [0.15, 0.2) is 18.3 Å². The summed E-state index contributed by atoms with van der Waals surface area (Å²) in [5.74, 6) is 0.108. The van der Waals surface area contributed by atoms with Crippen molar-refractivity contribution in [2.75, 3.05) is 19.0 Å². The minimum Gasteiger partial charge on any atom is -0.464 e. The molecular formula is C13H14N4O4S. The van der Waals surface area contributed by atoms with E-state index in [1.165, 1.54) is 30.7 Å². The molecule has 2 aromatic heterocycles. The van der Waals surface area contributed by atoms with Crippen LogP contribution in [0.5, 0.6) is 0 Å². The molecule has 0 fully saturated rings. The molecule has 0 spiro atoms. The Morgan fingerprint density at radius 2 is 2.27 bits per heavy atom. The lowest BCUT2D eigenvalue weighted by atomic mass is 10.3. The number of nitrogens with one attached hydrogen (secondary N) is 1. The van der Waals surface area contributed by atoms with Crippen LogP contribution in [-0.4, -0.2) is 34.5 Å². The van der Waals surface area contributed by atoms with E-state index in [9.17, 15) is 14.9 Å². The Hall–Kier alpha value is -2.55. The van der Waals surface area contributed by atoms with Gasteiger partial charge in [0, 0.05) is 23.9 Å². The van der Waals surface area contributed by atoms with Crippen LogP contribution in [0.3, 0.4) is 0 Å². The maximum absolute atomic E-state index is 11.5. The predicted molar refractivity (Wildman–Crippen MR) is 81.3 cm³/mol. The van der Waals surface area contributed by atoms with Crippen molar-refractivity contribution in [1.29, 1.82) is 0 Å². The number of thiazole rings is 1. The smallest absolute Gasteiger partial charge is 0.357 e. The fourth-order valence-corrected chi connectivity index (χ4v) is 2.66. The molecule has 0 saturated carbocycles. The van der Waals surface area contributed by atoms with Crippen LogP contribution in [0, 0.1) is 17.0 Å². The molecule has 0 bridgehead atoms. The highest BCUT2D eigenvalue weighted by molar-refractivity contribution is 7.11. The van der Waals surface area contributed by atoms with Crippen LogP contribution in [0.25, 0.3) is 0 Å². The van der Waals surface area contributed by atoms with Crippen molar-refractivity contribution in [1.82, 2.24) is 9.97 Å². The number of carbonyl (C=O) groups excluding carboxylic acids is 1. The van der Waals surface area contributed by atoms with Crippen LogP contribution in [0.1, 0.15) is 20.4 Å². The third-order valence-corrected chi connectivity index (χ3v) is 3.85. The average molecular weight is 322 g/mol. The standard InChI is InChI=1S/C13H14N4O4S/c1-8-12(13(18)21-2)16-11(22-8)5-6-14-10-4-3-9(7-15-10)17(19)20/h3-4,7H,5-6H2,1-2H3,(H,14,15). The third-order valence-electron chi connectivity index (χ3n) is 2.82. The Labute approximate surface area is 130 Å². The van der Waals surface area contributed by atoms with Crippen molar-refractivity contribution in [2.45, 2.75) is 13.3 Å². The Morgan fingerprint density at radius 1 is 1.50 bits per heavy atom. The van der Waals surface area contributed by atoms with Gasteiger partial charge >= 0.3 is 5.97 Å². The van der Waals surface area contributed by atoms with Crippen molar-refractivity contribution in [2.24, 2.45) is 0 Å². The summed E-state index contributed by atoms with van der Waals surface area (Å²) in [6, 6.07) is 2.93. The number of esters is 1. The lowest BCUT2D eigenvalue weighted by Crippen LogP contribution is -2.07. The number of ether oxygens (including phenoxy) is 1. The van der Waals surface area contributed by atoms with Gasteiger partial charge < -0.3 is 10.1 Å². The van der Waals surface area contributed by atoms with Crippen molar-refractivity contribution >= 4 is 28.8 Å². The summed E-state index contributed by atoms with van der Waals surface area (Å²) in [5, 5.41) is 14.4. The normalized spacial score (nSPS) is 10.3. The number of nitro groups is 1. The molecule has 116 valence electrons. The molecule has 0 amide bonds. The Bertz CT molecular complexity index is 684. The highest BCUT2D eigenvalue weighted by Crippen LogP contribution is 2.19. The van der Waals surface area contributed by atoms with Crippen LogP contribution in [-0.2, 0) is 11.2 Å². The Balaban J connectivity index is 1.91. The maximum Gasteiger partial charge on any atom is 0.357 e. The molecule has 8 nitrogen and oxygen atoms in total. The topological polar surface area (TPSA) is 107 Å². The van der Waals surface area contributed by atoms with Gasteiger partial charge in [0.2, 0.25) is 0 Å². The fraction of sp³-hybridized carbons (Fsp3) is 0.308. The Morgan fingerprint density at radius 3 is 2.86 bits per heavy atom. The van der Waals surface area contributed by atoms with E-state index >= 15 is 0 Å². The van der Waals surface area contributed by atoms with Gasteiger partial charge in [-0.15, -0.1) is 11.3 Å². The monoisotopic (exact) mass is 322 g/mol. The van der Waals surface area contributed by atoms with Crippen molar-refractivity contribution in [3.8, 4) is 0 Å². The van der Waals surface area contributed by atoms with Crippen LogP contribution >= 0.6 is 11.3 Å². The largest absolute Gasteiger partial charge is 0.464 e. The SMILES string of the molecule is COC(=O)c1nc(CCNc2ccc([N+](=O)[O-])cn2)sc1C. The number of aryl methyl sites for hydroxylation is 1. The van der Waals surface area contributed by atoms with Crippen LogP contribution < -0.4 is 5.32 Å². The van der Waals surface area contributed by atoms with E-state index < -0.39 is 10.9 Å². The van der Waals surface area contributed by atoms with Crippen molar-refractivity contribution in [3.05, 3.63) is 44.0 Å². The molecule has 2 heterocycles. The number of rotatable bonds is 6. The number of aromatic nitrogens is 2. The maximum atomic E-state index is 11.5. The predicted octanol–water partition coefficient (Wildman–Crippen LogP) is 2.20. The van der Waals surface area contributed by atoms with Gasteiger partial charge in [-0.05, 0) is 13.0 Å². The number of nitrogens with zero attached hydrogens (tertiary/aromatic N) is 3. The summed E-state index contributed by atoms with van der Waals surface area (Å²) in [4.78, 5) is 30.5. The Kier molecular flexibility index (Phi) is 4.99. The minimum atomic E-state index is -0.497. The first-order valence-corrected chi connectivity index (χ1v) is 7.22. The highest BCUT2D eigenvalue weighted by atomic mass is 32.1. The highest BCUT2D eigenvalue weighted by Gasteiger charge is 2.15. The molecule has 0 radical (unpaired) electrons. The van der Waals surface area contributed by atoms with Crippen LogP contribution in [0.4, 0.5) is 11.5 Å². The number of carbonyl (C=O) groups is 1. The zero-order valence-electron chi connectivity index (χ0n) is 12.0. The van der Waals surface area contributed by atoms with E-state index in [1.807, 2.05) is 6.92 Å². The summed E-state index contributed by atoms with van der Waals surface area (Å²) in [6.45, 7) is 2.37. The van der Waals surface area contributed by atoms with Gasteiger partial charge in [-0.3, -0.25) is 10.1 Å². The van der Waals surface area contributed by atoms with Crippen molar-refractivity contribution < 1.29 is 14.5 Å². The lowest BCUT2D eigenvalue weighted by Gasteiger charge is -2.03. The lowest BCUT2D eigenvalue weighted by molar-refractivity contribution is -0.385. The van der Waals surface area contributed by atoms with E-state index in [0.717, 1.165) is 9.88 Å². The second-order valence-electron chi connectivity index (χ2n) is 4.34. The van der Waals surface area contributed by atoms with E-state index in [-0.39, 0.29) is 5.69 Å². The third kappa shape index (κ3) is 3.76. The van der Waals surface area contributed by atoms with Crippen molar-refractivity contribution in [3.63, 3.8) is 0 Å². The summed E-state index contributed by atoms with van der Waals surface area (Å²) < 4.78 is 4.66. The summed E-state index contributed by atoms with van der Waals surface area (Å²) in [5.41, 5.74) is 0.291. The van der Waals surface area contributed by atoms with Gasteiger partial charge in [0.25, 0.3) is 5.69 Å². The molecule has 0 saturated heterocycles. The van der Waals surface area contributed by atoms with Gasteiger partial charge in [-0.1, -0.05) is 0 Å². The number of methoxy groups -OCH3 is 1. The summed E-state index contributed by atoms with van der Waals surface area (Å²) in [7, 11) is 1.32. The van der Waals surface area contributed by atoms with Gasteiger partial charge in [0.05, 0.1) is 17.0 Å². The van der Waals surface area contributed by atoms with E-state index in [2.05, 4.69) is 20.0 Å². The van der Waals surface area contributed by atoms with Gasteiger partial charge in [-0.2, -0.15) is 0 Å². The first kappa shape index (κ1) is 15.8. The molecule has 0 aliphatic carbocycles. The summed E-state index contributed by atoms with van der Waals surface area (Å²) in [6.07, 6.45) is 1.81. The zero-order chi connectivity index (χ0) is 16.1. The molecule has 0 unspecified atom stereocenters. The summed E-state index contributed by atoms with van der Waals surface area (Å²) >= 11 is 1.44. The molecule has 22 heavy (non-hydrogen) atoms.